The van der Waals surface area contributed by atoms with Gasteiger partial charge in [-0.15, -0.1) is 0 Å². The van der Waals surface area contributed by atoms with E-state index in [2.05, 4.69) is 37.2 Å². The molecule has 2 aromatic heterocycles. The van der Waals surface area contributed by atoms with Gasteiger partial charge in [-0.05, 0) is 48.9 Å². The average molecular weight is 422 g/mol. The summed E-state index contributed by atoms with van der Waals surface area (Å²) in [5.41, 5.74) is 4.02. The highest BCUT2D eigenvalue weighted by atomic mass is 16.1. The van der Waals surface area contributed by atoms with E-state index in [9.17, 15) is 4.79 Å². The van der Waals surface area contributed by atoms with E-state index in [1.807, 2.05) is 60.1 Å². The number of anilines is 1. The maximum atomic E-state index is 13.0. The second-order valence-corrected chi connectivity index (χ2v) is 7.08. The van der Waals surface area contributed by atoms with Gasteiger partial charge >= 0.3 is 0 Å². The van der Waals surface area contributed by atoms with E-state index in [0.29, 0.717) is 29.0 Å². The van der Waals surface area contributed by atoms with Crippen LogP contribution in [0.15, 0.2) is 121 Å². The zero-order valence-electron chi connectivity index (χ0n) is 18.3. The zero-order chi connectivity index (χ0) is 22.9. The highest BCUT2D eigenvalue weighted by Gasteiger charge is 2.14. The molecule has 0 spiro atoms. The Morgan fingerprint density at radius 3 is 2.47 bits per heavy atom. The normalized spacial score (nSPS) is 12.2. The van der Waals surface area contributed by atoms with Gasteiger partial charge in [0.05, 0.1) is 5.39 Å². The maximum absolute atomic E-state index is 13.0. The monoisotopic (exact) mass is 421 g/mol. The van der Waals surface area contributed by atoms with Crippen LogP contribution in [0.3, 0.4) is 0 Å². The molecule has 32 heavy (non-hydrogen) atoms. The molecule has 0 aliphatic carbocycles. The third-order valence-corrected chi connectivity index (χ3v) is 4.82. The summed E-state index contributed by atoms with van der Waals surface area (Å²) < 4.78 is 1.92. The summed E-state index contributed by atoms with van der Waals surface area (Å²) >= 11 is 0. The molecule has 0 atom stereocenters. The SMILES string of the molecule is C=C/C=C(\C=C)Nc1cc(=O)c2ccc(Cc3ccccc3)nc2n1C(/C=C\C)=C/C=C. The van der Waals surface area contributed by atoms with E-state index in [4.69, 9.17) is 4.98 Å². The van der Waals surface area contributed by atoms with Crippen molar-refractivity contribution < 1.29 is 0 Å². The lowest BCUT2D eigenvalue weighted by molar-refractivity contribution is 1.04. The van der Waals surface area contributed by atoms with E-state index in [1.54, 1.807) is 30.4 Å². The molecule has 160 valence electrons. The molecular formula is C28H27N3O. The van der Waals surface area contributed by atoms with Gasteiger partial charge in [0.15, 0.2) is 5.43 Å². The Morgan fingerprint density at radius 2 is 1.81 bits per heavy atom. The molecule has 0 aliphatic heterocycles. The molecule has 2 heterocycles. The highest BCUT2D eigenvalue weighted by Crippen LogP contribution is 2.24. The van der Waals surface area contributed by atoms with Crippen molar-refractivity contribution in [1.29, 1.82) is 0 Å². The van der Waals surface area contributed by atoms with Crippen LogP contribution in [0.2, 0.25) is 0 Å². The average Bonchev–Trinajstić information content (AvgIpc) is 2.79. The zero-order valence-corrected chi connectivity index (χ0v) is 18.3. The Bertz CT molecular complexity index is 1290. The molecule has 0 fully saturated rings. The number of pyridine rings is 2. The molecule has 1 aromatic carbocycles. The second kappa shape index (κ2) is 10.7. The first-order chi connectivity index (χ1) is 15.6. The van der Waals surface area contributed by atoms with Crippen LogP contribution >= 0.6 is 0 Å². The smallest absolute Gasteiger partial charge is 0.193 e. The minimum atomic E-state index is -0.113. The number of nitrogens with zero attached hydrogens (tertiary/aromatic N) is 2. The van der Waals surface area contributed by atoms with Crippen molar-refractivity contribution in [1.82, 2.24) is 9.55 Å². The topological polar surface area (TPSA) is 46.9 Å². The van der Waals surface area contributed by atoms with E-state index in [1.165, 1.54) is 0 Å². The molecule has 0 aliphatic rings. The molecular weight excluding hydrogens is 394 g/mol. The lowest BCUT2D eigenvalue weighted by Crippen LogP contribution is -2.16. The Morgan fingerprint density at radius 1 is 1.06 bits per heavy atom. The minimum Gasteiger partial charge on any atom is -0.341 e. The van der Waals surface area contributed by atoms with Crippen molar-refractivity contribution >= 4 is 22.5 Å². The number of hydrogen-bond donors (Lipinski definition) is 1. The van der Waals surface area contributed by atoms with E-state index in [0.717, 1.165) is 17.0 Å². The number of allylic oxidation sites excluding steroid dienone is 8. The maximum Gasteiger partial charge on any atom is 0.193 e. The Kier molecular flexibility index (Phi) is 7.55. The fraction of sp³-hybridized carbons (Fsp3) is 0.0714. The standard InChI is InChI=1S/C28H27N3O/c1-5-12-22(8-4)29-27-20-26(32)25-18-17-23(19-21-15-10-9-11-16-21)30-28(25)31(27)24(13-6-2)14-7-3/h5-18,20,29H,1-2,4,19H2,3H3/b14-7-,22-12+,24-13+. The molecule has 0 saturated carbocycles. The third-order valence-electron chi connectivity index (χ3n) is 4.82. The molecule has 0 unspecified atom stereocenters. The van der Waals surface area contributed by atoms with Gasteiger partial charge in [-0.2, -0.15) is 0 Å². The minimum absolute atomic E-state index is 0.113. The Labute approximate surface area is 189 Å². The molecule has 3 aromatic rings. The van der Waals surface area contributed by atoms with E-state index < -0.39 is 0 Å². The van der Waals surface area contributed by atoms with Gasteiger partial charge in [-0.25, -0.2) is 4.98 Å². The van der Waals surface area contributed by atoms with Crippen molar-refractivity contribution in [2.45, 2.75) is 13.3 Å². The molecule has 3 rings (SSSR count). The summed E-state index contributed by atoms with van der Waals surface area (Å²) in [6.45, 7) is 13.4. The van der Waals surface area contributed by atoms with Crippen LogP contribution in [-0.4, -0.2) is 9.55 Å². The van der Waals surface area contributed by atoms with Crippen molar-refractivity contribution in [3.8, 4) is 0 Å². The van der Waals surface area contributed by atoms with E-state index >= 15 is 0 Å². The number of rotatable bonds is 9. The van der Waals surface area contributed by atoms with Crippen LogP contribution in [-0.2, 0) is 6.42 Å². The first kappa shape index (κ1) is 22.5. The molecule has 0 radical (unpaired) electrons. The predicted octanol–water partition coefficient (Wildman–Crippen LogP) is 6.26. The summed E-state index contributed by atoms with van der Waals surface area (Å²) in [5, 5.41) is 3.82. The van der Waals surface area contributed by atoms with Crippen molar-refractivity contribution in [2.24, 2.45) is 0 Å². The Hall–Kier alpha value is -4.18. The predicted molar refractivity (Wildman–Crippen MR) is 137 cm³/mol. The van der Waals surface area contributed by atoms with Crippen LogP contribution in [0.25, 0.3) is 16.7 Å². The molecule has 0 saturated heterocycles. The Balaban J connectivity index is 2.30. The lowest BCUT2D eigenvalue weighted by Gasteiger charge is -2.19. The van der Waals surface area contributed by atoms with Gasteiger partial charge < -0.3 is 5.32 Å². The number of fused-ring (bicyclic) bond motifs is 1. The summed E-state index contributed by atoms with van der Waals surface area (Å²) in [6, 6.07) is 15.5. The number of benzene rings is 1. The van der Waals surface area contributed by atoms with Gasteiger partial charge in [-0.1, -0.05) is 68.3 Å². The third kappa shape index (κ3) is 5.10. The molecule has 0 amide bonds. The van der Waals surface area contributed by atoms with Crippen molar-refractivity contribution in [3.05, 3.63) is 138 Å². The first-order valence-corrected chi connectivity index (χ1v) is 10.4. The van der Waals surface area contributed by atoms with Crippen molar-refractivity contribution in [2.75, 3.05) is 5.32 Å². The summed E-state index contributed by atoms with van der Waals surface area (Å²) in [7, 11) is 0. The molecule has 4 heteroatoms. The second-order valence-electron chi connectivity index (χ2n) is 7.08. The van der Waals surface area contributed by atoms with Gasteiger partial charge in [0, 0.05) is 29.6 Å². The van der Waals surface area contributed by atoms with Crippen LogP contribution in [0, 0.1) is 0 Å². The van der Waals surface area contributed by atoms with E-state index in [-0.39, 0.29) is 5.43 Å². The molecule has 0 bridgehead atoms. The van der Waals surface area contributed by atoms with Crippen LogP contribution < -0.4 is 10.7 Å². The lowest BCUT2D eigenvalue weighted by atomic mass is 10.1. The summed E-state index contributed by atoms with van der Waals surface area (Å²) in [5.74, 6) is 0.575. The summed E-state index contributed by atoms with van der Waals surface area (Å²) in [6.07, 6.45) is 13.3. The quantitative estimate of drug-likeness (QED) is 0.415. The molecule has 4 nitrogen and oxygen atoms in total. The number of aromatic nitrogens is 2. The van der Waals surface area contributed by atoms with Gasteiger partial charge in [0.25, 0.3) is 0 Å². The van der Waals surface area contributed by atoms with Gasteiger partial charge in [0.2, 0.25) is 0 Å². The number of hydrogen-bond acceptors (Lipinski definition) is 3. The van der Waals surface area contributed by atoms with Crippen LogP contribution in [0.1, 0.15) is 18.2 Å². The van der Waals surface area contributed by atoms with Crippen LogP contribution in [0.4, 0.5) is 5.82 Å². The van der Waals surface area contributed by atoms with Gasteiger partial charge in [0.1, 0.15) is 11.5 Å². The number of nitrogens with one attached hydrogen (secondary N) is 1. The summed E-state index contributed by atoms with van der Waals surface area (Å²) in [4.78, 5) is 17.9. The fourth-order valence-corrected chi connectivity index (χ4v) is 3.42. The molecule has 1 N–H and O–H groups in total. The largest absolute Gasteiger partial charge is 0.341 e. The van der Waals surface area contributed by atoms with Crippen molar-refractivity contribution in [3.63, 3.8) is 0 Å². The van der Waals surface area contributed by atoms with Gasteiger partial charge in [-0.3, -0.25) is 9.36 Å². The highest BCUT2D eigenvalue weighted by molar-refractivity contribution is 5.84. The van der Waals surface area contributed by atoms with Crippen LogP contribution in [0.5, 0.6) is 0 Å². The first-order valence-electron chi connectivity index (χ1n) is 10.4. The fourth-order valence-electron chi connectivity index (χ4n) is 3.42.